The summed E-state index contributed by atoms with van der Waals surface area (Å²) in [5, 5.41) is 13.8. The maximum atomic E-state index is 10.1. The Kier molecular flexibility index (Phi) is 3.87. The summed E-state index contributed by atoms with van der Waals surface area (Å²) in [5.41, 5.74) is 3.30. The van der Waals surface area contributed by atoms with Gasteiger partial charge in [0.05, 0.1) is 6.10 Å². The zero-order valence-electron chi connectivity index (χ0n) is 13.4. The summed E-state index contributed by atoms with van der Waals surface area (Å²) in [5.74, 6) is 0.418. The molecule has 116 valence electrons. The quantitative estimate of drug-likeness (QED) is 0.874. The maximum absolute atomic E-state index is 10.1. The third-order valence-electron chi connectivity index (χ3n) is 5.65. The Morgan fingerprint density at radius 2 is 2.00 bits per heavy atom. The number of hydrogen-bond acceptors (Lipinski definition) is 3. The van der Waals surface area contributed by atoms with Gasteiger partial charge in [-0.15, -0.1) is 0 Å². The Morgan fingerprint density at radius 1 is 1.29 bits per heavy atom. The molecule has 2 aliphatic carbocycles. The number of phenolic OH excluding ortho intramolecular Hbond substituents is 1. The lowest BCUT2D eigenvalue weighted by atomic mass is 9.60. The van der Waals surface area contributed by atoms with Crippen molar-refractivity contribution in [2.75, 3.05) is 11.9 Å². The summed E-state index contributed by atoms with van der Waals surface area (Å²) in [6.45, 7) is 6.83. The van der Waals surface area contributed by atoms with Crippen molar-refractivity contribution in [2.24, 2.45) is 5.41 Å². The minimum Gasteiger partial charge on any atom is -0.507 e. The first-order valence-corrected chi connectivity index (χ1v) is 8.26. The number of rotatable bonds is 4. The number of anilines is 1. The van der Waals surface area contributed by atoms with Gasteiger partial charge in [0.25, 0.3) is 0 Å². The Balaban J connectivity index is 1.78. The summed E-state index contributed by atoms with van der Waals surface area (Å²) in [6, 6.07) is 4.57. The molecule has 2 unspecified atom stereocenters. The van der Waals surface area contributed by atoms with Gasteiger partial charge in [0.1, 0.15) is 5.75 Å². The van der Waals surface area contributed by atoms with Gasteiger partial charge >= 0.3 is 0 Å². The average Bonchev–Trinajstić information content (AvgIpc) is 2.98. The highest BCUT2D eigenvalue weighted by Crippen LogP contribution is 2.55. The Morgan fingerprint density at radius 3 is 2.67 bits per heavy atom. The maximum Gasteiger partial charge on any atom is 0.123 e. The van der Waals surface area contributed by atoms with Gasteiger partial charge < -0.3 is 15.2 Å². The van der Waals surface area contributed by atoms with Gasteiger partial charge in [0, 0.05) is 29.3 Å². The van der Waals surface area contributed by atoms with Crippen molar-refractivity contribution in [3.63, 3.8) is 0 Å². The van der Waals surface area contributed by atoms with Crippen molar-refractivity contribution in [2.45, 2.75) is 65.0 Å². The summed E-state index contributed by atoms with van der Waals surface area (Å²) in [6.07, 6.45) is 6.68. The molecule has 1 aromatic rings. The SMILES string of the molecule is CCOC1CC(Nc2ccc(C)c(O)c2C)C12CCCC2. The van der Waals surface area contributed by atoms with Gasteiger partial charge in [-0.2, -0.15) is 0 Å². The molecule has 0 aromatic heterocycles. The smallest absolute Gasteiger partial charge is 0.123 e. The predicted octanol–water partition coefficient (Wildman–Crippen LogP) is 4.16. The molecule has 0 amide bonds. The molecule has 2 fully saturated rings. The van der Waals surface area contributed by atoms with Crippen molar-refractivity contribution in [3.8, 4) is 5.75 Å². The number of hydrogen-bond donors (Lipinski definition) is 2. The largest absolute Gasteiger partial charge is 0.507 e. The van der Waals surface area contributed by atoms with E-state index in [0.29, 0.717) is 23.3 Å². The summed E-state index contributed by atoms with van der Waals surface area (Å²) < 4.78 is 5.97. The molecule has 3 heteroatoms. The summed E-state index contributed by atoms with van der Waals surface area (Å²) in [7, 11) is 0. The Bertz CT molecular complexity index is 520. The molecule has 0 saturated heterocycles. The third-order valence-corrected chi connectivity index (χ3v) is 5.65. The van der Waals surface area contributed by atoms with E-state index in [2.05, 4.69) is 18.3 Å². The molecule has 2 saturated carbocycles. The monoisotopic (exact) mass is 289 g/mol. The fourth-order valence-electron chi connectivity index (χ4n) is 4.27. The lowest BCUT2D eigenvalue weighted by molar-refractivity contribution is -0.114. The van der Waals surface area contributed by atoms with E-state index < -0.39 is 0 Å². The van der Waals surface area contributed by atoms with Crippen molar-refractivity contribution in [3.05, 3.63) is 23.3 Å². The molecule has 3 rings (SSSR count). The molecule has 3 nitrogen and oxygen atoms in total. The van der Waals surface area contributed by atoms with E-state index in [4.69, 9.17) is 4.74 Å². The molecule has 21 heavy (non-hydrogen) atoms. The lowest BCUT2D eigenvalue weighted by Gasteiger charge is -2.54. The molecule has 2 N–H and O–H groups in total. The van der Waals surface area contributed by atoms with Crippen molar-refractivity contribution >= 4 is 5.69 Å². The Labute approximate surface area is 127 Å². The van der Waals surface area contributed by atoms with Crippen LogP contribution in [0.2, 0.25) is 0 Å². The van der Waals surface area contributed by atoms with E-state index >= 15 is 0 Å². The fraction of sp³-hybridized carbons (Fsp3) is 0.667. The number of aryl methyl sites for hydroxylation is 1. The molecule has 1 spiro atoms. The van der Waals surface area contributed by atoms with Crippen molar-refractivity contribution in [1.82, 2.24) is 0 Å². The van der Waals surface area contributed by atoms with E-state index in [-0.39, 0.29) is 0 Å². The van der Waals surface area contributed by atoms with Crippen LogP contribution in [-0.2, 0) is 4.74 Å². The van der Waals surface area contributed by atoms with Crippen LogP contribution in [0.3, 0.4) is 0 Å². The highest BCUT2D eigenvalue weighted by atomic mass is 16.5. The van der Waals surface area contributed by atoms with E-state index in [1.54, 1.807) is 0 Å². The van der Waals surface area contributed by atoms with Crippen LogP contribution >= 0.6 is 0 Å². The number of nitrogens with one attached hydrogen (secondary N) is 1. The second kappa shape index (κ2) is 5.53. The second-order valence-corrected chi connectivity index (χ2v) is 6.72. The molecule has 2 atom stereocenters. The fourth-order valence-corrected chi connectivity index (χ4v) is 4.27. The minimum absolute atomic E-state index is 0.322. The topological polar surface area (TPSA) is 41.5 Å². The molecule has 0 radical (unpaired) electrons. The van der Waals surface area contributed by atoms with E-state index in [1.807, 2.05) is 19.9 Å². The first kappa shape index (κ1) is 14.7. The molecule has 2 aliphatic rings. The van der Waals surface area contributed by atoms with Gasteiger partial charge in [-0.1, -0.05) is 18.9 Å². The molecule has 0 bridgehead atoms. The van der Waals surface area contributed by atoms with Crippen LogP contribution in [0.4, 0.5) is 5.69 Å². The van der Waals surface area contributed by atoms with Gasteiger partial charge in [-0.3, -0.25) is 0 Å². The van der Waals surface area contributed by atoms with Crippen LogP contribution < -0.4 is 5.32 Å². The molecule has 0 heterocycles. The molecular formula is C18H27NO2. The van der Waals surface area contributed by atoms with E-state index in [9.17, 15) is 5.11 Å². The summed E-state index contributed by atoms with van der Waals surface area (Å²) >= 11 is 0. The molecule has 0 aliphatic heterocycles. The van der Waals surface area contributed by atoms with Gasteiger partial charge in [0.2, 0.25) is 0 Å². The normalized spacial score (nSPS) is 26.8. The average molecular weight is 289 g/mol. The number of aromatic hydroxyl groups is 1. The highest BCUT2D eigenvalue weighted by molar-refractivity contribution is 5.60. The zero-order chi connectivity index (χ0) is 15.0. The minimum atomic E-state index is 0.322. The Hall–Kier alpha value is -1.22. The second-order valence-electron chi connectivity index (χ2n) is 6.72. The van der Waals surface area contributed by atoms with Gasteiger partial charge in [-0.05, 0) is 51.7 Å². The van der Waals surface area contributed by atoms with Crippen LogP contribution in [-0.4, -0.2) is 23.9 Å². The number of ether oxygens (including phenoxy) is 1. The van der Waals surface area contributed by atoms with E-state index in [0.717, 1.165) is 29.8 Å². The predicted molar refractivity (Wildman–Crippen MR) is 85.9 cm³/mol. The van der Waals surface area contributed by atoms with Crippen LogP contribution in [0.25, 0.3) is 0 Å². The lowest BCUT2D eigenvalue weighted by Crippen LogP contribution is -2.60. The molecular weight excluding hydrogens is 262 g/mol. The summed E-state index contributed by atoms with van der Waals surface area (Å²) in [4.78, 5) is 0. The molecule has 1 aromatic carbocycles. The van der Waals surface area contributed by atoms with Gasteiger partial charge in [-0.25, -0.2) is 0 Å². The van der Waals surface area contributed by atoms with Crippen molar-refractivity contribution < 1.29 is 9.84 Å². The van der Waals surface area contributed by atoms with E-state index in [1.165, 1.54) is 25.7 Å². The van der Waals surface area contributed by atoms with Crippen LogP contribution in [0.5, 0.6) is 5.75 Å². The van der Waals surface area contributed by atoms with Crippen molar-refractivity contribution in [1.29, 1.82) is 0 Å². The first-order chi connectivity index (χ1) is 10.1. The van der Waals surface area contributed by atoms with Gasteiger partial charge in [0.15, 0.2) is 0 Å². The number of benzene rings is 1. The first-order valence-electron chi connectivity index (χ1n) is 8.26. The third kappa shape index (κ3) is 2.32. The van der Waals surface area contributed by atoms with Crippen LogP contribution in [0, 0.1) is 19.3 Å². The number of phenols is 1. The highest BCUT2D eigenvalue weighted by Gasteiger charge is 2.56. The van der Waals surface area contributed by atoms with Crippen LogP contribution in [0.15, 0.2) is 12.1 Å². The standard InChI is InChI=1S/C18H27NO2/c1-4-21-16-11-15(18(16)9-5-6-10-18)19-14-8-7-12(2)17(20)13(14)3/h7-8,15-16,19-20H,4-6,9-11H2,1-3H3. The van der Waals surface area contributed by atoms with Crippen LogP contribution in [0.1, 0.15) is 50.2 Å². The zero-order valence-corrected chi connectivity index (χ0v) is 13.4.